The van der Waals surface area contributed by atoms with E-state index in [4.69, 9.17) is 0 Å². The van der Waals surface area contributed by atoms with Crippen molar-refractivity contribution in [2.45, 2.75) is 48.0 Å². The third-order valence-electron chi connectivity index (χ3n) is 2.39. The highest BCUT2D eigenvalue weighted by molar-refractivity contribution is 5.84. The maximum absolute atomic E-state index is 4.61. The quantitative estimate of drug-likeness (QED) is 0.464. The summed E-state index contributed by atoms with van der Waals surface area (Å²) >= 11 is 0. The van der Waals surface area contributed by atoms with Gasteiger partial charge in [0.1, 0.15) is 0 Å². The van der Waals surface area contributed by atoms with Crippen LogP contribution in [0.1, 0.15) is 48.0 Å². The fraction of sp³-hybridized carbons (Fsp3) is 0.615. The summed E-state index contributed by atoms with van der Waals surface area (Å²) in [6.45, 7) is 12.7. The molecule has 0 aliphatic carbocycles. The molecular weight excluding hydrogens is 170 g/mol. The van der Waals surface area contributed by atoms with Gasteiger partial charge < -0.3 is 0 Å². The maximum Gasteiger partial charge on any atom is 0.0403 e. The molecule has 0 unspecified atom stereocenters. The predicted octanol–water partition coefficient (Wildman–Crippen LogP) is 4.36. The highest BCUT2D eigenvalue weighted by Gasteiger charge is 2.00. The molecule has 0 amide bonds. The van der Waals surface area contributed by atoms with Crippen molar-refractivity contribution in [2.24, 2.45) is 10.9 Å². The summed E-state index contributed by atoms with van der Waals surface area (Å²) in [5, 5.41) is 0. The van der Waals surface area contributed by atoms with E-state index in [1.54, 1.807) is 0 Å². The topological polar surface area (TPSA) is 12.4 Å². The van der Waals surface area contributed by atoms with Crippen molar-refractivity contribution in [1.82, 2.24) is 0 Å². The van der Waals surface area contributed by atoms with E-state index in [9.17, 15) is 0 Å². The molecule has 0 aliphatic heterocycles. The summed E-state index contributed by atoms with van der Waals surface area (Å²) < 4.78 is 0. The molecule has 0 spiro atoms. The molecule has 0 saturated carbocycles. The van der Waals surface area contributed by atoms with Crippen molar-refractivity contribution in [2.75, 3.05) is 0 Å². The Hall–Kier alpha value is -0.850. The lowest BCUT2D eigenvalue weighted by atomic mass is 10.1. The molecule has 0 radical (unpaired) electrons. The molecule has 1 heteroatoms. The highest BCUT2D eigenvalue weighted by Crippen LogP contribution is 2.13. The van der Waals surface area contributed by atoms with Crippen LogP contribution in [0.25, 0.3) is 0 Å². The molecule has 0 aliphatic rings. The van der Waals surface area contributed by atoms with Crippen molar-refractivity contribution in [1.29, 1.82) is 0 Å². The molecule has 1 nitrogen and oxygen atoms in total. The van der Waals surface area contributed by atoms with Gasteiger partial charge in [-0.25, -0.2) is 0 Å². The van der Waals surface area contributed by atoms with Crippen LogP contribution in [0, 0.1) is 5.92 Å². The van der Waals surface area contributed by atoms with Crippen molar-refractivity contribution in [3.63, 3.8) is 0 Å². The van der Waals surface area contributed by atoms with Crippen molar-refractivity contribution >= 4 is 5.71 Å². The van der Waals surface area contributed by atoms with E-state index in [2.05, 4.69) is 51.8 Å². The first-order chi connectivity index (χ1) is 6.52. The van der Waals surface area contributed by atoms with Gasteiger partial charge in [0.2, 0.25) is 0 Å². The Morgan fingerprint density at radius 2 is 1.86 bits per heavy atom. The largest absolute Gasteiger partial charge is 0.262 e. The lowest BCUT2D eigenvalue weighted by molar-refractivity contribution is 0.873. The van der Waals surface area contributed by atoms with Crippen LogP contribution in [-0.2, 0) is 0 Å². The average Bonchev–Trinajstić information content (AvgIpc) is 2.13. The van der Waals surface area contributed by atoms with E-state index in [1.807, 2.05) is 6.92 Å². The van der Waals surface area contributed by atoms with Crippen molar-refractivity contribution < 1.29 is 0 Å². The summed E-state index contributed by atoms with van der Waals surface area (Å²) in [4.78, 5) is 4.61. The second-order valence-corrected chi connectivity index (χ2v) is 3.87. The zero-order valence-corrected chi connectivity index (χ0v) is 10.4. The van der Waals surface area contributed by atoms with E-state index in [-0.39, 0.29) is 0 Å². The molecule has 0 atom stereocenters. The molecule has 0 aromatic heterocycles. The van der Waals surface area contributed by atoms with Crippen LogP contribution >= 0.6 is 0 Å². The van der Waals surface area contributed by atoms with Gasteiger partial charge in [-0.15, -0.1) is 0 Å². The second kappa shape index (κ2) is 6.58. The van der Waals surface area contributed by atoms with Crippen LogP contribution in [0.5, 0.6) is 0 Å². The van der Waals surface area contributed by atoms with Crippen LogP contribution in [0.3, 0.4) is 0 Å². The summed E-state index contributed by atoms with van der Waals surface area (Å²) in [5.74, 6) is 0.536. The van der Waals surface area contributed by atoms with Gasteiger partial charge >= 0.3 is 0 Å². The minimum atomic E-state index is 0.536. The first-order valence-electron chi connectivity index (χ1n) is 5.40. The average molecular weight is 193 g/mol. The number of rotatable bonds is 4. The third-order valence-corrected chi connectivity index (χ3v) is 2.39. The molecule has 0 fully saturated rings. The lowest BCUT2D eigenvalue weighted by Crippen LogP contribution is -2.02. The zero-order chi connectivity index (χ0) is 11.1. The van der Waals surface area contributed by atoms with Crippen LogP contribution in [0.4, 0.5) is 0 Å². The number of hydrogen-bond donors (Lipinski definition) is 0. The van der Waals surface area contributed by atoms with E-state index < -0.39 is 0 Å². The Labute approximate surface area is 88.6 Å². The maximum atomic E-state index is 4.61. The smallest absolute Gasteiger partial charge is 0.0403 e. The van der Waals surface area contributed by atoms with Crippen LogP contribution in [0.15, 0.2) is 28.4 Å². The number of nitrogens with zero attached hydrogens (tertiary/aromatic N) is 1. The summed E-state index contributed by atoms with van der Waals surface area (Å²) in [6.07, 6.45) is 5.26. The van der Waals surface area contributed by atoms with Gasteiger partial charge in [0.25, 0.3) is 0 Å². The number of allylic oxidation sites excluding steroid dienone is 4. The highest BCUT2D eigenvalue weighted by atomic mass is 14.8. The first kappa shape index (κ1) is 13.2. The molecule has 0 N–H and O–H groups in total. The fourth-order valence-corrected chi connectivity index (χ4v) is 1.16. The minimum Gasteiger partial charge on any atom is -0.262 e. The monoisotopic (exact) mass is 193 g/mol. The van der Waals surface area contributed by atoms with Crippen molar-refractivity contribution in [3.05, 3.63) is 23.4 Å². The van der Waals surface area contributed by atoms with Gasteiger partial charge in [0, 0.05) is 11.4 Å². The normalized spacial score (nSPS) is 15.2. The molecule has 0 heterocycles. The Morgan fingerprint density at radius 3 is 2.21 bits per heavy atom. The molecule has 0 rings (SSSR count). The molecule has 0 bridgehead atoms. The SMILES string of the molecule is C/C=C\C(CC)=C(/C)N=C(C)C(C)C. The Bertz CT molecular complexity index is 254. The van der Waals surface area contributed by atoms with Crippen LogP contribution < -0.4 is 0 Å². The Morgan fingerprint density at radius 1 is 1.29 bits per heavy atom. The Balaban J connectivity index is 4.88. The summed E-state index contributed by atoms with van der Waals surface area (Å²) in [7, 11) is 0. The Kier molecular flexibility index (Phi) is 6.18. The van der Waals surface area contributed by atoms with E-state index >= 15 is 0 Å². The van der Waals surface area contributed by atoms with Gasteiger partial charge in [-0.1, -0.05) is 32.9 Å². The predicted molar refractivity (Wildman–Crippen MR) is 65.8 cm³/mol. The molecule has 0 saturated heterocycles. The van der Waals surface area contributed by atoms with Crippen LogP contribution in [-0.4, -0.2) is 5.71 Å². The fourth-order valence-electron chi connectivity index (χ4n) is 1.16. The minimum absolute atomic E-state index is 0.536. The van der Waals surface area contributed by atoms with Crippen LogP contribution in [0.2, 0.25) is 0 Å². The molecule has 14 heavy (non-hydrogen) atoms. The van der Waals surface area contributed by atoms with Gasteiger partial charge in [0.15, 0.2) is 0 Å². The summed E-state index contributed by atoms with van der Waals surface area (Å²) in [6, 6.07) is 0. The standard InChI is InChI=1S/C13H23N/c1-7-9-13(8-2)12(6)14-11(5)10(3)4/h7,9-10H,8H2,1-6H3/b9-7-,13-12+,14-11?. The third kappa shape index (κ3) is 4.40. The van der Waals surface area contributed by atoms with Gasteiger partial charge in [-0.2, -0.15) is 0 Å². The summed E-state index contributed by atoms with van der Waals surface area (Å²) in [5.41, 5.74) is 3.68. The van der Waals surface area contributed by atoms with E-state index in [0.717, 1.165) is 12.1 Å². The number of hydrogen-bond acceptors (Lipinski definition) is 1. The first-order valence-corrected chi connectivity index (χ1v) is 5.40. The van der Waals surface area contributed by atoms with Crippen molar-refractivity contribution in [3.8, 4) is 0 Å². The molecule has 80 valence electrons. The molecular formula is C13H23N. The molecule has 0 aromatic carbocycles. The van der Waals surface area contributed by atoms with Gasteiger partial charge in [-0.3, -0.25) is 4.99 Å². The van der Waals surface area contributed by atoms with Gasteiger partial charge in [0.05, 0.1) is 0 Å². The van der Waals surface area contributed by atoms with E-state index in [0.29, 0.717) is 5.92 Å². The van der Waals surface area contributed by atoms with Gasteiger partial charge in [-0.05, 0) is 38.7 Å². The zero-order valence-electron chi connectivity index (χ0n) is 10.4. The number of aliphatic imine (C=N–C) groups is 1. The lowest BCUT2D eigenvalue weighted by Gasteiger charge is -2.06. The molecule has 0 aromatic rings. The second-order valence-electron chi connectivity index (χ2n) is 3.87. The van der Waals surface area contributed by atoms with E-state index in [1.165, 1.54) is 11.3 Å².